The summed E-state index contributed by atoms with van der Waals surface area (Å²) in [6.07, 6.45) is 5.26. The minimum Gasteiger partial charge on any atom is -0.295 e. The van der Waals surface area contributed by atoms with E-state index in [1.54, 1.807) is 0 Å². The molecule has 4 heteroatoms. The van der Waals surface area contributed by atoms with Gasteiger partial charge in [0.1, 0.15) is 7.85 Å². The first-order valence-electron chi connectivity index (χ1n) is 3.41. The van der Waals surface area contributed by atoms with Gasteiger partial charge in [-0.25, -0.2) is 0 Å². The number of carbonyl (C=O) groups excluding carboxylic acids is 2. The molecule has 0 aromatic carbocycles. The maximum absolute atomic E-state index is 11.0. The van der Waals surface area contributed by atoms with Crippen molar-refractivity contribution in [2.24, 2.45) is 4.99 Å². The highest BCUT2D eigenvalue weighted by molar-refractivity contribution is 6.42. The second kappa shape index (κ2) is 3.81. The fourth-order valence-electron chi connectivity index (χ4n) is 0.721. The molecule has 0 atom stereocenters. The van der Waals surface area contributed by atoms with E-state index in [0.717, 1.165) is 6.21 Å². The van der Waals surface area contributed by atoms with Crippen LogP contribution >= 0.6 is 0 Å². The quantitative estimate of drug-likeness (QED) is 0.373. The van der Waals surface area contributed by atoms with Crippen LogP contribution in [0.1, 0.15) is 6.42 Å². The summed E-state index contributed by atoms with van der Waals surface area (Å²) in [5.74, 6) is -0.694. The van der Waals surface area contributed by atoms with Crippen molar-refractivity contribution in [1.29, 1.82) is 0 Å². The Morgan fingerprint density at radius 2 is 2.17 bits per heavy atom. The molecule has 1 aliphatic rings. The van der Waals surface area contributed by atoms with Gasteiger partial charge in [0.05, 0.1) is 12.6 Å². The van der Waals surface area contributed by atoms with E-state index in [1.165, 1.54) is 18.4 Å². The van der Waals surface area contributed by atoms with Gasteiger partial charge in [0.2, 0.25) is 0 Å². The van der Waals surface area contributed by atoms with Crippen LogP contribution in [-0.4, -0.2) is 25.6 Å². The number of allylic oxidation sites excluding steroid dienone is 3. The maximum atomic E-state index is 11.0. The Bertz CT molecular complexity index is 302. The van der Waals surface area contributed by atoms with Crippen molar-refractivity contribution in [1.82, 2.24) is 0 Å². The fraction of sp³-hybridized carbons (Fsp3) is 0.125. The molecular formula is C8H6BNO2. The van der Waals surface area contributed by atoms with Gasteiger partial charge in [-0.15, -0.1) is 0 Å². The Balaban J connectivity index is 2.92. The lowest BCUT2D eigenvalue weighted by atomic mass is 9.89. The number of hydrogen-bond donors (Lipinski definition) is 0. The summed E-state index contributed by atoms with van der Waals surface area (Å²) in [6, 6.07) is 0. The van der Waals surface area contributed by atoms with Gasteiger partial charge in [-0.1, -0.05) is 11.5 Å². The average molecular weight is 159 g/mol. The molecule has 2 radical (unpaired) electrons. The van der Waals surface area contributed by atoms with E-state index in [0.29, 0.717) is 0 Å². The first-order valence-corrected chi connectivity index (χ1v) is 3.41. The molecule has 0 spiro atoms. The predicted octanol–water partition coefficient (Wildman–Crippen LogP) is 0.165. The molecule has 3 nitrogen and oxygen atoms in total. The lowest BCUT2D eigenvalue weighted by Crippen LogP contribution is -2.10. The maximum Gasteiger partial charge on any atom is 0.181 e. The first kappa shape index (κ1) is 8.65. The van der Waals surface area contributed by atoms with Crippen molar-refractivity contribution in [3.8, 4) is 0 Å². The molecule has 1 rings (SSSR count). The number of Topliss-reactive ketones (excluding diaryl/α,β-unsaturated/α-hetero) is 2. The number of rotatable bonds is 0. The van der Waals surface area contributed by atoms with Crippen molar-refractivity contribution in [2.45, 2.75) is 6.42 Å². The first-order chi connectivity index (χ1) is 5.70. The molecule has 0 fully saturated rings. The van der Waals surface area contributed by atoms with Gasteiger partial charge >= 0.3 is 0 Å². The lowest BCUT2D eigenvalue weighted by Gasteiger charge is -1.94. The van der Waals surface area contributed by atoms with E-state index in [4.69, 9.17) is 7.85 Å². The standard InChI is InChI=1S/C8H6BNO2/c9-7-2-1-3-10-5-6(11)4-8(7)12/h1-3,5H,4H2/b3-1-,7-2-,10-5?. The largest absolute Gasteiger partial charge is 0.295 e. The molecule has 0 amide bonds. The highest BCUT2D eigenvalue weighted by Gasteiger charge is 2.08. The molecule has 1 aliphatic heterocycles. The molecule has 0 bridgehead atoms. The molecule has 0 aromatic heterocycles. The molecule has 0 aliphatic carbocycles. The molecule has 12 heavy (non-hydrogen) atoms. The van der Waals surface area contributed by atoms with E-state index >= 15 is 0 Å². The zero-order chi connectivity index (χ0) is 8.97. The van der Waals surface area contributed by atoms with Gasteiger partial charge in [-0.3, -0.25) is 14.6 Å². The summed E-state index contributed by atoms with van der Waals surface area (Å²) < 4.78 is 0. The van der Waals surface area contributed by atoms with Gasteiger partial charge in [-0.05, 0) is 6.08 Å². The second-order valence-electron chi connectivity index (χ2n) is 2.31. The van der Waals surface area contributed by atoms with Crippen LogP contribution in [0.25, 0.3) is 0 Å². The van der Waals surface area contributed by atoms with Crippen LogP contribution in [0.2, 0.25) is 0 Å². The van der Waals surface area contributed by atoms with Crippen molar-refractivity contribution >= 4 is 25.6 Å². The second-order valence-corrected chi connectivity index (χ2v) is 2.31. The van der Waals surface area contributed by atoms with E-state index in [9.17, 15) is 9.59 Å². The molecular weight excluding hydrogens is 153 g/mol. The van der Waals surface area contributed by atoms with E-state index < -0.39 is 0 Å². The predicted molar refractivity (Wildman–Crippen MR) is 46.1 cm³/mol. The zero-order valence-corrected chi connectivity index (χ0v) is 6.36. The van der Waals surface area contributed by atoms with Gasteiger partial charge in [0, 0.05) is 6.20 Å². The third-order valence-electron chi connectivity index (χ3n) is 1.32. The fourth-order valence-corrected chi connectivity index (χ4v) is 0.721. The Kier molecular flexibility index (Phi) is 2.74. The van der Waals surface area contributed by atoms with Crippen molar-refractivity contribution in [2.75, 3.05) is 0 Å². The molecule has 0 aromatic rings. The summed E-state index contributed by atoms with van der Waals surface area (Å²) in [4.78, 5) is 25.5. The van der Waals surface area contributed by atoms with E-state index in [1.807, 2.05) is 0 Å². The summed E-state index contributed by atoms with van der Waals surface area (Å²) in [5.41, 5.74) is 0.0881. The van der Waals surface area contributed by atoms with Crippen LogP contribution in [0.4, 0.5) is 0 Å². The number of aliphatic imine (C=N–C) groups is 1. The van der Waals surface area contributed by atoms with Gasteiger partial charge in [0.15, 0.2) is 11.6 Å². The Morgan fingerprint density at radius 1 is 1.42 bits per heavy atom. The van der Waals surface area contributed by atoms with Gasteiger partial charge in [-0.2, -0.15) is 0 Å². The third kappa shape index (κ3) is 2.30. The highest BCUT2D eigenvalue weighted by atomic mass is 16.1. The number of ketones is 2. The molecule has 1 heterocycles. The SMILES string of the molecule is [B]/C1=C\C=C/N=CC(=O)CC1=O. The Hall–Kier alpha value is -1.45. The molecule has 0 saturated heterocycles. The zero-order valence-electron chi connectivity index (χ0n) is 6.36. The normalized spacial score (nSPS) is 25.2. The van der Waals surface area contributed by atoms with Crippen LogP contribution < -0.4 is 0 Å². The van der Waals surface area contributed by atoms with Crippen LogP contribution in [0.5, 0.6) is 0 Å². The van der Waals surface area contributed by atoms with Crippen molar-refractivity contribution in [3.05, 3.63) is 23.8 Å². The van der Waals surface area contributed by atoms with Gasteiger partial charge < -0.3 is 0 Å². The summed E-state index contributed by atoms with van der Waals surface area (Å²) in [5, 5.41) is 0. The Labute approximate surface area is 71.3 Å². The molecule has 0 N–H and O–H groups in total. The summed E-state index contributed by atoms with van der Waals surface area (Å²) in [7, 11) is 5.33. The van der Waals surface area contributed by atoms with E-state index in [-0.39, 0.29) is 23.5 Å². The lowest BCUT2D eigenvalue weighted by molar-refractivity contribution is -0.121. The van der Waals surface area contributed by atoms with Crippen LogP contribution in [0, 0.1) is 0 Å². The van der Waals surface area contributed by atoms with Crippen LogP contribution in [0.3, 0.4) is 0 Å². The number of nitrogens with zero attached hydrogens (tertiary/aromatic N) is 1. The summed E-state index contributed by atoms with van der Waals surface area (Å²) in [6.45, 7) is 0. The minimum atomic E-state index is -0.363. The van der Waals surface area contributed by atoms with E-state index in [2.05, 4.69) is 4.99 Å². The Morgan fingerprint density at radius 3 is 2.92 bits per heavy atom. The smallest absolute Gasteiger partial charge is 0.181 e. The molecule has 0 unspecified atom stereocenters. The van der Waals surface area contributed by atoms with Gasteiger partial charge in [0.25, 0.3) is 0 Å². The topological polar surface area (TPSA) is 46.5 Å². The highest BCUT2D eigenvalue weighted by Crippen LogP contribution is 1.98. The molecule has 0 saturated carbocycles. The number of hydrogen-bond acceptors (Lipinski definition) is 3. The van der Waals surface area contributed by atoms with Crippen LogP contribution in [0.15, 0.2) is 28.8 Å². The summed E-state index contributed by atoms with van der Waals surface area (Å²) >= 11 is 0. The monoisotopic (exact) mass is 159 g/mol. The van der Waals surface area contributed by atoms with Crippen LogP contribution in [-0.2, 0) is 9.59 Å². The van der Waals surface area contributed by atoms with Crippen molar-refractivity contribution < 1.29 is 9.59 Å². The van der Waals surface area contributed by atoms with Crippen molar-refractivity contribution in [3.63, 3.8) is 0 Å². The minimum absolute atomic E-state index is 0.0881. The average Bonchev–Trinajstić information content (AvgIpc) is 2.07. The number of carbonyl (C=O) groups is 2. The molecule has 58 valence electrons. The third-order valence-corrected chi connectivity index (χ3v) is 1.32.